The van der Waals surface area contributed by atoms with Crippen molar-refractivity contribution < 1.29 is 24.2 Å². The Morgan fingerprint density at radius 3 is 2.21 bits per heavy atom. The maximum absolute atomic E-state index is 13.5. The molecule has 0 aromatic heterocycles. The maximum Gasteiger partial charge on any atom is 0.300 e. The van der Waals surface area contributed by atoms with Crippen molar-refractivity contribution in [3.63, 3.8) is 0 Å². The molecular formula is C32H36N2O5. The Bertz CT molecular complexity index is 1340. The molecule has 7 heteroatoms. The summed E-state index contributed by atoms with van der Waals surface area (Å²) >= 11 is 0. The van der Waals surface area contributed by atoms with E-state index in [0.29, 0.717) is 40.8 Å². The van der Waals surface area contributed by atoms with Crippen LogP contribution < -0.4 is 19.3 Å². The van der Waals surface area contributed by atoms with Crippen LogP contribution in [0.25, 0.3) is 5.76 Å². The first-order valence-corrected chi connectivity index (χ1v) is 13.3. The van der Waals surface area contributed by atoms with E-state index in [1.54, 1.807) is 55.6 Å². The van der Waals surface area contributed by atoms with Crippen LogP contribution in [0.15, 0.2) is 78.4 Å². The van der Waals surface area contributed by atoms with Crippen molar-refractivity contribution in [2.75, 3.05) is 36.6 Å². The summed E-state index contributed by atoms with van der Waals surface area (Å²) in [5, 5.41) is 11.4. The average molecular weight is 529 g/mol. The number of aliphatic hydroxyl groups excluding tert-OH is 1. The summed E-state index contributed by atoms with van der Waals surface area (Å²) in [6.45, 7) is 10.6. The van der Waals surface area contributed by atoms with Crippen LogP contribution in [0.2, 0.25) is 0 Å². The van der Waals surface area contributed by atoms with Gasteiger partial charge in [-0.2, -0.15) is 0 Å². The van der Waals surface area contributed by atoms with Gasteiger partial charge in [0, 0.05) is 36.1 Å². The Labute approximate surface area is 230 Å². The Hall–Kier alpha value is -4.26. The second-order valence-corrected chi connectivity index (χ2v) is 9.86. The van der Waals surface area contributed by atoms with Gasteiger partial charge in [-0.1, -0.05) is 32.0 Å². The van der Waals surface area contributed by atoms with E-state index in [1.165, 1.54) is 4.90 Å². The van der Waals surface area contributed by atoms with E-state index >= 15 is 0 Å². The summed E-state index contributed by atoms with van der Waals surface area (Å²) in [6, 6.07) is 20.9. The van der Waals surface area contributed by atoms with Crippen molar-refractivity contribution in [3.05, 3.63) is 89.5 Å². The second kappa shape index (κ2) is 12.1. The third-order valence-electron chi connectivity index (χ3n) is 6.82. The minimum Gasteiger partial charge on any atom is -0.507 e. The summed E-state index contributed by atoms with van der Waals surface area (Å²) in [4.78, 5) is 30.6. The van der Waals surface area contributed by atoms with Crippen LogP contribution in [-0.4, -0.2) is 43.6 Å². The minimum absolute atomic E-state index is 0.0363. The number of methoxy groups -OCH3 is 1. The highest BCUT2D eigenvalue weighted by molar-refractivity contribution is 6.51. The van der Waals surface area contributed by atoms with Crippen LogP contribution in [0.4, 0.5) is 11.4 Å². The van der Waals surface area contributed by atoms with Crippen molar-refractivity contribution in [2.45, 2.75) is 33.7 Å². The van der Waals surface area contributed by atoms with Gasteiger partial charge in [-0.05, 0) is 73.9 Å². The number of ketones is 1. The molecule has 0 aliphatic carbocycles. The summed E-state index contributed by atoms with van der Waals surface area (Å²) in [7, 11) is 1.55. The number of carbonyl (C=O) groups is 2. The van der Waals surface area contributed by atoms with Crippen molar-refractivity contribution in [1.82, 2.24) is 0 Å². The van der Waals surface area contributed by atoms with Crippen LogP contribution in [0.1, 0.15) is 44.9 Å². The van der Waals surface area contributed by atoms with Crippen LogP contribution in [-0.2, 0) is 9.59 Å². The Balaban J connectivity index is 1.82. The van der Waals surface area contributed by atoms with E-state index in [0.717, 1.165) is 18.8 Å². The number of nitrogens with zero attached hydrogens (tertiary/aromatic N) is 2. The van der Waals surface area contributed by atoms with Gasteiger partial charge in [-0.3, -0.25) is 14.5 Å². The number of hydrogen-bond acceptors (Lipinski definition) is 6. The van der Waals surface area contributed by atoms with Crippen molar-refractivity contribution >= 4 is 28.8 Å². The van der Waals surface area contributed by atoms with Gasteiger partial charge in [0.25, 0.3) is 11.7 Å². The number of carbonyl (C=O) groups excluding carboxylic acids is 2. The molecule has 0 bridgehead atoms. The minimum atomic E-state index is -0.820. The SMILES string of the molecule is CCN(CC)c1ccc(C2/C(=C(\O)c3ccc(OCC(C)C)cc3)C(=O)C(=O)N2c2cccc(OC)c2)cc1. The number of aliphatic hydroxyl groups is 1. The van der Waals surface area contributed by atoms with E-state index in [-0.39, 0.29) is 11.3 Å². The van der Waals surface area contributed by atoms with Gasteiger partial charge in [-0.15, -0.1) is 0 Å². The highest BCUT2D eigenvalue weighted by atomic mass is 16.5. The first-order chi connectivity index (χ1) is 18.8. The average Bonchev–Trinajstić information content (AvgIpc) is 3.22. The van der Waals surface area contributed by atoms with Gasteiger partial charge in [0.2, 0.25) is 0 Å². The zero-order valence-corrected chi connectivity index (χ0v) is 23.2. The fourth-order valence-electron chi connectivity index (χ4n) is 4.76. The lowest BCUT2D eigenvalue weighted by molar-refractivity contribution is -0.132. The number of anilines is 2. The molecule has 0 spiro atoms. The fraction of sp³-hybridized carbons (Fsp3) is 0.312. The van der Waals surface area contributed by atoms with Gasteiger partial charge in [0.15, 0.2) is 0 Å². The first kappa shape index (κ1) is 27.8. The Morgan fingerprint density at radius 1 is 0.949 bits per heavy atom. The molecule has 1 heterocycles. The quantitative estimate of drug-likeness (QED) is 0.192. The predicted octanol–water partition coefficient (Wildman–Crippen LogP) is 6.20. The molecular weight excluding hydrogens is 492 g/mol. The highest BCUT2D eigenvalue weighted by Crippen LogP contribution is 2.43. The van der Waals surface area contributed by atoms with Crippen LogP contribution in [0.5, 0.6) is 11.5 Å². The molecule has 1 aliphatic heterocycles. The predicted molar refractivity (Wildman–Crippen MR) is 155 cm³/mol. The maximum atomic E-state index is 13.5. The molecule has 1 atom stereocenters. The Kier molecular flexibility index (Phi) is 8.59. The Morgan fingerprint density at radius 2 is 1.62 bits per heavy atom. The summed E-state index contributed by atoms with van der Waals surface area (Å²) in [5.74, 6) is -0.0822. The standard InChI is InChI=1S/C32H36N2O5/c1-6-33(7-2)24-15-11-22(12-16-24)29-28(30(35)23-13-17-26(18-14-23)39-20-21(3)4)31(36)32(37)34(29)25-9-8-10-27(19-25)38-5/h8-19,21,29,35H,6-7,20H2,1-5H3/b30-28+. The molecule has 3 aromatic carbocycles. The molecule has 1 fully saturated rings. The molecule has 0 radical (unpaired) electrons. The molecule has 39 heavy (non-hydrogen) atoms. The van der Waals surface area contributed by atoms with Gasteiger partial charge in [0.1, 0.15) is 17.3 Å². The third-order valence-corrected chi connectivity index (χ3v) is 6.82. The summed E-state index contributed by atoms with van der Waals surface area (Å²) in [6.07, 6.45) is 0. The molecule has 0 saturated carbocycles. The van der Waals surface area contributed by atoms with E-state index < -0.39 is 17.7 Å². The lowest BCUT2D eigenvalue weighted by Crippen LogP contribution is -2.29. The molecule has 7 nitrogen and oxygen atoms in total. The van der Waals surface area contributed by atoms with Crippen molar-refractivity contribution in [3.8, 4) is 11.5 Å². The van der Waals surface area contributed by atoms with Crippen LogP contribution >= 0.6 is 0 Å². The molecule has 4 rings (SSSR count). The number of rotatable bonds is 10. The van der Waals surface area contributed by atoms with Crippen molar-refractivity contribution in [2.24, 2.45) is 5.92 Å². The lowest BCUT2D eigenvalue weighted by atomic mass is 9.94. The zero-order valence-electron chi connectivity index (χ0n) is 23.2. The number of amides is 1. The molecule has 204 valence electrons. The van der Waals surface area contributed by atoms with Crippen LogP contribution in [0, 0.1) is 5.92 Å². The smallest absolute Gasteiger partial charge is 0.300 e. The zero-order chi connectivity index (χ0) is 28.1. The number of benzene rings is 3. The number of hydrogen-bond donors (Lipinski definition) is 1. The second-order valence-electron chi connectivity index (χ2n) is 9.86. The largest absolute Gasteiger partial charge is 0.507 e. The van der Waals surface area contributed by atoms with Gasteiger partial charge >= 0.3 is 0 Å². The first-order valence-electron chi connectivity index (χ1n) is 13.3. The van der Waals surface area contributed by atoms with Gasteiger partial charge in [0.05, 0.1) is 25.3 Å². The van der Waals surface area contributed by atoms with Gasteiger partial charge in [-0.25, -0.2) is 0 Å². The molecule has 1 amide bonds. The molecule has 1 N–H and O–H groups in total. The van der Waals surface area contributed by atoms with Crippen LogP contribution in [0.3, 0.4) is 0 Å². The highest BCUT2D eigenvalue weighted by Gasteiger charge is 2.47. The number of ether oxygens (including phenoxy) is 2. The normalized spacial score (nSPS) is 16.6. The molecule has 1 aliphatic rings. The molecule has 3 aromatic rings. The van der Waals surface area contributed by atoms with E-state index in [1.807, 2.05) is 24.3 Å². The lowest BCUT2D eigenvalue weighted by Gasteiger charge is -2.27. The summed E-state index contributed by atoms with van der Waals surface area (Å²) < 4.78 is 11.1. The third kappa shape index (κ3) is 5.77. The topological polar surface area (TPSA) is 79.3 Å². The molecule has 1 unspecified atom stereocenters. The van der Waals surface area contributed by atoms with E-state index in [9.17, 15) is 14.7 Å². The number of Topliss-reactive ketones (excluding diaryl/α,β-unsaturated/α-hetero) is 1. The van der Waals surface area contributed by atoms with Crippen molar-refractivity contribution in [1.29, 1.82) is 0 Å². The van der Waals surface area contributed by atoms with E-state index in [2.05, 4.69) is 32.6 Å². The summed E-state index contributed by atoms with van der Waals surface area (Å²) in [5.41, 5.74) is 2.73. The fourth-order valence-corrected chi connectivity index (χ4v) is 4.76. The molecule has 1 saturated heterocycles. The van der Waals surface area contributed by atoms with E-state index in [4.69, 9.17) is 9.47 Å². The van der Waals surface area contributed by atoms with Gasteiger partial charge < -0.3 is 19.5 Å². The monoisotopic (exact) mass is 528 g/mol.